The number of carbonyl (C=O) groups is 1. The topological polar surface area (TPSA) is 49.3 Å². The molecule has 0 saturated heterocycles. The lowest BCUT2D eigenvalue weighted by molar-refractivity contribution is 0.0717. The molecule has 0 radical (unpaired) electrons. The molecule has 1 amide bonds. The zero-order chi connectivity index (χ0) is 14.6. The molecule has 0 atom stereocenters. The Kier molecular flexibility index (Phi) is 5.43. The van der Waals surface area contributed by atoms with Gasteiger partial charge in [0.2, 0.25) is 0 Å². The molecule has 2 rings (SSSR count). The number of hydrogen-bond acceptors (Lipinski definition) is 2. The first-order valence-corrected chi connectivity index (χ1v) is 8.30. The van der Waals surface area contributed by atoms with E-state index in [0.717, 1.165) is 40.4 Å². The molecule has 0 unspecified atom stereocenters. The number of benzene rings is 1. The van der Waals surface area contributed by atoms with Crippen molar-refractivity contribution >= 4 is 28.5 Å². The van der Waals surface area contributed by atoms with Gasteiger partial charge in [0, 0.05) is 15.5 Å². The van der Waals surface area contributed by atoms with Crippen molar-refractivity contribution in [3.8, 4) is 0 Å². The highest BCUT2D eigenvalue weighted by Crippen LogP contribution is 2.35. The van der Waals surface area contributed by atoms with Crippen molar-refractivity contribution in [2.24, 2.45) is 5.41 Å². The molecule has 1 aromatic rings. The number of amides is 1. The van der Waals surface area contributed by atoms with E-state index >= 15 is 0 Å². The van der Waals surface area contributed by atoms with Gasteiger partial charge < -0.3 is 10.4 Å². The summed E-state index contributed by atoms with van der Waals surface area (Å²) in [6.07, 6.45) is 5.56. The molecule has 2 N–H and O–H groups in total. The molecule has 0 spiro atoms. The van der Waals surface area contributed by atoms with Crippen LogP contribution in [0.2, 0.25) is 0 Å². The first-order valence-electron chi connectivity index (χ1n) is 7.22. The minimum atomic E-state index is -0.108. The van der Waals surface area contributed by atoms with Gasteiger partial charge in [-0.25, -0.2) is 0 Å². The molecule has 0 aromatic heterocycles. The predicted octanol–water partition coefficient (Wildman–Crippen LogP) is 3.27. The Morgan fingerprint density at radius 3 is 2.70 bits per heavy atom. The molecule has 1 saturated carbocycles. The van der Waals surface area contributed by atoms with Crippen LogP contribution in [-0.2, 0) is 0 Å². The maximum atomic E-state index is 12.3. The van der Waals surface area contributed by atoms with Crippen LogP contribution in [0.15, 0.2) is 18.2 Å². The van der Waals surface area contributed by atoms with Crippen LogP contribution in [0.3, 0.4) is 0 Å². The summed E-state index contributed by atoms with van der Waals surface area (Å²) >= 11 is 2.22. The van der Waals surface area contributed by atoms with E-state index in [1.165, 1.54) is 6.42 Å². The van der Waals surface area contributed by atoms with Crippen LogP contribution in [0.1, 0.15) is 48.0 Å². The first kappa shape index (κ1) is 15.8. The van der Waals surface area contributed by atoms with Gasteiger partial charge in [-0.2, -0.15) is 0 Å². The third-order valence-corrected chi connectivity index (χ3v) is 5.74. The SMILES string of the molecule is Cc1cccc(C(=O)NCC2(CO)CCCCC2)c1I. The number of aryl methyl sites for hydroxylation is 1. The van der Waals surface area contributed by atoms with Gasteiger partial charge in [0.1, 0.15) is 0 Å². The fraction of sp³-hybridized carbons (Fsp3) is 0.562. The van der Waals surface area contributed by atoms with E-state index in [2.05, 4.69) is 27.9 Å². The molecule has 1 fully saturated rings. The zero-order valence-corrected chi connectivity index (χ0v) is 14.1. The number of aliphatic hydroxyl groups excluding tert-OH is 1. The predicted molar refractivity (Wildman–Crippen MR) is 88.8 cm³/mol. The Morgan fingerprint density at radius 2 is 2.05 bits per heavy atom. The maximum Gasteiger partial charge on any atom is 0.252 e. The number of hydrogen-bond donors (Lipinski definition) is 2. The van der Waals surface area contributed by atoms with Crippen molar-refractivity contribution in [2.45, 2.75) is 39.0 Å². The fourth-order valence-corrected chi connectivity index (χ4v) is 3.48. The summed E-state index contributed by atoms with van der Waals surface area (Å²) in [5.41, 5.74) is 1.74. The molecular weight excluding hydrogens is 365 g/mol. The number of rotatable bonds is 4. The molecule has 0 aliphatic heterocycles. The number of nitrogens with one attached hydrogen (secondary N) is 1. The van der Waals surface area contributed by atoms with Gasteiger partial charge in [0.05, 0.1) is 12.2 Å². The van der Waals surface area contributed by atoms with E-state index < -0.39 is 0 Å². The van der Waals surface area contributed by atoms with E-state index in [-0.39, 0.29) is 17.9 Å². The van der Waals surface area contributed by atoms with Gasteiger partial charge in [-0.05, 0) is 54.0 Å². The molecule has 0 heterocycles. The Bertz CT molecular complexity index is 481. The van der Waals surface area contributed by atoms with E-state index in [4.69, 9.17) is 0 Å². The molecule has 20 heavy (non-hydrogen) atoms. The maximum absolute atomic E-state index is 12.3. The average molecular weight is 387 g/mol. The highest BCUT2D eigenvalue weighted by atomic mass is 127. The Hall–Kier alpha value is -0.620. The number of aliphatic hydroxyl groups is 1. The van der Waals surface area contributed by atoms with Crippen molar-refractivity contribution < 1.29 is 9.90 Å². The third-order valence-electron chi connectivity index (χ3n) is 4.31. The fourth-order valence-electron chi connectivity index (χ4n) is 2.88. The van der Waals surface area contributed by atoms with Gasteiger partial charge in [0.15, 0.2) is 0 Å². The molecule has 1 aliphatic rings. The Balaban J connectivity index is 2.02. The lowest BCUT2D eigenvalue weighted by Gasteiger charge is -2.35. The summed E-state index contributed by atoms with van der Waals surface area (Å²) < 4.78 is 1.00. The second-order valence-corrected chi connectivity index (χ2v) is 6.92. The monoisotopic (exact) mass is 387 g/mol. The molecule has 0 bridgehead atoms. The van der Waals surface area contributed by atoms with Crippen LogP contribution in [-0.4, -0.2) is 24.2 Å². The number of carbonyl (C=O) groups excluding carboxylic acids is 1. The average Bonchev–Trinajstić information content (AvgIpc) is 2.48. The Morgan fingerprint density at radius 1 is 1.35 bits per heavy atom. The van der Waals surface area contributed by atoms with Gasteiger partial charge in [0.25, 0.3) is 5.91 Å². The van der Waals surface area contributed by atoms with Gasteiger partial charge in [-0.3, -0.25) is 4.79 Å². The molecule has 4 heteroatoms. The number of halogens is 1. The second-order valence-electron chi connectivity index (χ2n) is 5.84. The van der Waals surface area contributed by atoms with Crippen LogP contribution >= 0.6 is 22.6 Å². The van der Waals surface area contributed by atoms with Crippen LogP contribution < -0.4 is 5.32 Å². The van der Waals surface area contributed by atoms with E-state index in [0.29, 0.717) is 6.54 Å². The van der Waals surface area contributed by atoms with Crippen molar-refractivity contribution in [3.05, 3.63) is 32.9 Å². The van der Waals surface area contributed by atoms with Crippen molar-refractivity contribution in [2.75, 3.05) is 13.2 Å². The molecular formula is C16H22INO2. The van der Waals surface area contributed by atoms with E-state index in [1.807, 2.05) is 25.1 Å². The minimum Gasteiger partial charge on any atom is -0.396 e. The summed E-state index contributed by atoms with van der Waals surface area (Å²) in [5, 5.41) is 12.7. The standard InChI is InChI=1S/C16H22INO2/c1-12-6-5-7-13(14(12)17)15(20)18-10-16(11-19)8-3-2-4-9-16/h5-7,19H,2-4,8-11H2,1H3,(H,18,20). The van der Waals surface area contributed by atoms with Crippen LogP contribution in [0.5, 0.6) is 0 Å². The Labute approximate surface area is 134 Å². The highest BCUT2D eigenvalue weighted by molar-refractivity contribution is 14.1. The smallest absolute Gasteiger partial charge is 0.252 e. The van der Waals surface area contributed by atoms with Crippen LogP contribution in [0.25, 0.3) is 0 Å². The molecule has 1 aliphatic carbocycles. The summed E-state index contributed by atoms with van der Waals surface area (Å²) in [6, 6.07) is 5.78. The third kappa shape index (κ3) is 3.52. The van der Waals surface area contributed by atoms with Crippen molar-refractivity contribution in [1.29, 1.82) is 0 Å². The van der Waals surface area contributed by atoms with Crippen LogP contribution in [0.4, 0.5) is 0 Å². The summed E-state index contributed by atoms with van der Waals surface area (Å²) in [7, 11) is 0. The molecule has 3 nitrogen and oxygen atoms in total. The lowest BCUT2D eigenvalue weighted by Crippen LogP contribution is -2.41. The summed E-state index contributed by atoms with van der Waals surface area (Å²) in [5.74, 6) is -0.0310. The minimum absolute atomic E-state index is 0.0310. The van der Waals surface area contributed by atoms with Crippen molar-refractivity contribution in [3.63, 3.8) is 0 Å². The lowest BCUT2D eigenvalue weighted by atomic mass is 9.74. The second kappa shape index (κ2) is 6.89. The zero-order valence-electron chi connectivity index (χ0n) is 11.9. The quantitative estimate of drug-likeness (QED) is 0.780. The largest absolute Gasteiger partial charge is 0.396 e. The normalized spacial score (nSPS) is 17.8. The summed E-state index contributed by atoms with van der Waals surface area (Å²) in [6.45, 7) is 2.75. The molecule has 110 valence electrons. The van der Waals surface area contributed by atoms with Crippen LogP contribution in [0, 0.1) is 15.9 Å². The van der Waals surface area contributed by atoms with E-state index in [9.17, 15) is 9.90 Å². The first-order chi connectivity index (χ1) is 9.58. The highest BCUT2D eigenvalue weighted by Gasteiger charge is 2.31. The van der Waals surface area contributed by atoms with Crippen molar-refractivity contribution in [1.82, 2.24) is 5.32 Å². The van der Waals surface area contributed by atoms with E-state index in [1.54, 1.807) is 0 Å². The van der Waals surface area contributed by atoms with Gasteiger partial charge in [-0.1, -0.05) is 31.4 Å². The molecule has 1 aromatic carbocycles. The summed E-state index contributed by atoms with van der Waals surface area (Å²) in [4.78, 5) is 12.3. The van der Waals surface area contributed by atoms with Gasteiger partial charge in [-0.15, -0.1) is 0 Å². The van der Waals surface area contributed by atoms with Gasteiger partial charge >= 0.3 is 0 Å².